The normalized spacial score (nSPS) is 10.5. The molecular formula is C21H24FN5. The van der Waals surface area contributed by atoms with Gasteiger partial charge in [0.25, 0.3) is 0 Å². The van der Waals surface area contributed by atoms with Crippen LogP contribution in [0.2, 0.25) is 0 Å². The lowest BCUT2D eigenvalue weighted by molar-refractivity contribution is 0.628. The maximum atomic E-state index is 13.0. The van der Waals surface area contributed by atoms with E-state index in [0.717, 1.165) is 30.2 Å². The van der Waals surface area contributed by atoms with E-state index in [1.54, 1.807) is 12.1 Å². The van der Waals surface area contributed by atoms with Gasteiger partial charge >= 0.3 is 0 Å². The second-order valence-corrected chi connectivity index (χ2v) is 6.19. The Kier molecular flexibility index (Phi) is 5.86. The van der Waals surface area contributed by atoms with Gasteiger partial charge in [-0.15, -0.1) is 0 Å². The number of benzene rings is 2. The number of anilines is 5. The summed E-state index contributed by atoms with van der Waals surface area (Å²) in [4.78, 5) is 11.2. The second-order valence-electron chi connectivity index (χ2n) is 6.19. The highest BCUT2D eigenvalue weighted by Crippen LogP contribution is 2.22. The molecule has 1 heterocycles. The standard InChI is InChI=1S/C21H24FN5/c1-4-27(5-2)19-12-10-17(11-13-19)24-20-14-15(3)23-21(26-20)25-18-8-6-16(22)7-9-18/h6-14H,4-5H2,1-3H3,(H2,23,24,25,26). The molecule has 0 unspecified atom stereocenters. The Balaban J connectivity index is 1.75. The molecule has 0 spiro atoms. The van der Waals surface area contributed by atoms with E-state index in [-0.39, 0.29) is 5.82 Å². The van der Waals surface area contributed by atoms with Crippen LogP contribution in [0.25, 0.3) is 0 Å². The Labute approximate surface area is 159 Å². The zero-order valence-electron chi connectivity index (χ0n) is 15.8. The number of halogens is 1. The number of aryl methyl sites for hydroxylation is 1. The number of aromatic nitrogens is 2. The van der Waals surface area contributed by atoms with Crippen molar-refractivity contribution in [3.8, 4) is 0 Å². The van der Waals surface area contributed by atoms with Crippen LogP contribution < -0.4 is 15.5 Å². The monoisotopic (exact) mass is 365 g/mol. The fourth-order valence-electron chi connectivity index (χ4n) is 2.84. The van der Waals surface area contributed by atoms with Crippen LogP contribution in [-0.2, 0) is 0 Å². The van der Waals surface area contributed by atoms with Crippen molar-refractivity contribution in [3.63, 3.8) is 0 Å². The van der Waals surface area contributed by atoms with Crippen LogP contribution in [0, 0.1) is 12.7 Å². The summed E-state index contributed by atoms with van der Waals surface area (Å²) in [5, 5.41) is 6.41. The summed E-state index contributed by atoms with van der Waals surface area (Å²) in [6.07, 6.45) is 0. The summed E-state index contributed by atoms with van der Waals surface area (Å²) < 4.78 is 13.0. The number of hydrogen-bond acceptors (Lipinski definition) is 5. The Hall–Kier alpha value is -3.15. The van der Waals surface area contributed by atoms with E-state index in [0.29, 0.717) is 11.8 Å². The van der Waals surface area contributed by atoms with Crippen molar-refractivity contribution in [1.82, 2.24) is 9.97 Å². The molecule has 0 aliphatic rings. The summed E-state index contributed by atoms with van der Waals surface area (Å²) in [5.74, 6) is 0.882. The molecular weight excluding hydrogens is 341 g/mol. The van der Waals surface area contributed by atoms with Gasteiger partial charge in [0.15, 0.2) is 0 Å². The fourth-order valence-corrected chi connectivity index (χ4v) is 2.84. The van der Waals surface area contributed by atoms with Gasteiger partial charge in [0.05, 0.1) is 0 Å². The predicted molar refractivity (Wildman–Crippen MR) is 110 cm³/mol. The van der Waals surface area contributed by atoms with Crippen LogP contribution in [0.15, 0.2) is 54.6 Å². The first-order chi connectivity index (χ1) is 13.1. The molecule has 5 nitrogen and oxygen atoms in total. The van der Waals surface area contributed by atoms with Crippen LogP contribution in [0.3, 0.4) is 0 Å². The van der Waals surface area contributed by atoms with E-state index in [1.807, 2.05) is 25.1 Å². The summed E-state index contributed by atoms with van der Waals surface area (Å²) in [6.45, 7) is 8.16. The molecule has 0 bridgehead atoms. The quantitative estimate of drug-likeness (QED) is 0.598. The SMILES string of the molecule is CCN(CC)c1ccc(Nc2cc(C)nc(Nc3ccc(F)cc3)n2)cc1. The van der Waals surface area contributed by atoms with Gasteiger partial charge in [-0.25, -0.2) is 9.37 Å². The van der Waals surface area contributed by atoms with Gasteiger partial charge in [0.1, 0.15) is 11.6 Å². The van der Waals surface area contributed by atoms with E-state index in [1.165, 1.54) is 17.8 Å². The number of rotatable bonds is 7. The lowest BCUT2D eigenvalue weighted by Crippen LogP contribution is -2.21. The minimum Gasteiger partial charge on any atom is -0.372 e. The maximum Gasteiger partial charge on any atom is 0.229 e. The molecule has 6 heteroatoms. The van der Waals surface area contributed by atoms with Crippen molar-refractivity contribution in [2.75, 3.05) is 28.6 Å². The van der Waals surface area contributed by atoms with Crippen molar-refractivity contribution in [1.29, 1.82) is 0 Å². The summed E-state index contributed by atoms with van der Waals surface area (Å²) >= 11 is 0. The highest BCUT2D eigenvalue weighted by Gasteiger charge is 2.05. The summed E-state index contributed by atoms with van der Waals surface area (Å²) in [7, 11) is 0. The highest BCUT2D eigenvalue weighted by molar-refractivity contribution is 5.62. The van der Waals surface area contributed by atoms with Crippen LogP contribution in [0.5, 0.6) is 0 Å². The molecule has 3 rings (SSSR count). The largest absolute Gasteiger partial charge is 0.372 e. The first kappa shape index (κ1) is 18.6. The van der Waals surface area contributed by atoms with E-state index >= 15 is 0 Å². The third kappa shape index (κ3) is 4.94. The first-order valence-corrected chi connectivity index (χ1v) is 9.07. The van der Waals surface area contributed by atoms with E-state index in [2.05, 4.69) is 51.5 Å². The predicted octanol–water partition coefficient (Wildman–Crippen LogP) is 5.26. The molecule has 0 amide bonds. The van der Waals surface area contributed by atoms with Crippen LogP contribution in [0.1, 0.15) is 19.5 Å². The topological polar surface area (TPSA) is 53.1 Å². The van der Waals surface area contributed by atoms with E-state index in [9.17, 15) is 4.39 Å². The average Bonchev–Trinajstić information content (AvgIpc) is 2.65. The molecule has 2 aromatic carbocycles. The fraction of sp³-hybridized carbons (Fsp3) is 0.238. The van der Waals surface area contributed by atoms with Crippen molar-refractivity contribution in [2.45, 2.75) is 20.8 Å². The van der Waals surface area contributed by atoms with Crippen molar-refractivity contribution in [2.24, 2.45) is 0 Å². The van der Waals surface area contributed by atoms with Crippen LogP contribution >= 0.6 is 0 Å². The summed E-state index contributed by atoms with van der Waals surface area (Å²) in [5.41, 5.74) is 3.72. The molecule has 0 saturated heterocycles. The molecule has 0 atom stereocenters. The van der Waals surface area contributed by atoms with Crippen molar-refractivity contribution < 1.29 is 4.39 Å². The Morgan fingerprint density at radius 2 is 1.44 bits per heavy atom. The van der Waals surface area contributed by atoms with Gasteiger partial charge < -0.3 is 15.5 Å². The zero-order valence-corrected chi connectivity index (χ0v) is 15.8. The van der Waals surface area contributed by atoms with Crippen molar-refractivity contribution in [3.05, 3.63) is 66.1 Å². The number of nitrogens with one attached hydrogen (secondary N) is 2. The Morgan fingerprint density at radius 1 is 0.852 bits per heavy atom. The molecule has 3 aromatic rings. The molecule has 0 saturated carbocycles. The third-order valence-electron chi connectivity index (χ3n) is 4.22. The summed E-state index contributed by atoms with van der Waals surface area (Å²) in [6, 6.07) is 16.3. The van der Waals surface area contributed by atoms with Gasteiger partial charge in [-0.1, -0.05) is 0 Å². The average molecular weight is 365 g/mol. The molecule has 2 N–H and O–H groups in total. The van der Waals surface area contributed by atoms with Gasteiger partial charge in [0.2, 0.25) is 5.95 Å². The van der Waals surface area contributed by atoms with E-state index < -0.39 is 0 Å². The van der Waals surface area contributed by atoms with Crippen LogP contribution in [-0.4, -0.2) is 23.1 Å². The Bertz CT molecular complexity index is 874. The Morgan fingerprint density at radius 3 is 2.07 bits per heavy atom. The number of nitrogens with zero attached hydrogens (tertiary/aromatic N) is 3. The number of hydrogen-bond donors (Lipinski definition) is 2. The minimum atomic E-state index is -0.277. The highest BCUT2D eigenvalue weighted by atomic mass is 19.1. The van der Waals surface area contributed by atoms with Gasteiger partial charge in [-0.05, 0) is 69.3 Å². The molecule has 27 heavy (non-hydrogen) atoms. The molecule has 0 aliphatic heterocycles. The molecule has 1 aromatic heterocycles. The zero-order chi connectivity index (χ0) is 19.2. The minimum absolute atomic E-state index is 0.277. The first-order valence-electron chi connectivity index (χ1n) is 9.07. The van der Waals surface area contributed by atoms with Crippen molar-refractivity contribution >= 4 is 28.8 Å². The van der Waals surface area contributed by atoms with Crippen LogP contribution in [0.4, 0.5) is 33.2 Å². The molecule has 0 radical (unpaired) electrons. The van der Waals surface area contributed by atoms with Gasteiger partial charge in [0, 0.05) is 41.9 Å². The molecule has 0 fully saturated rings. The van der Waals surface area contributed by atoms with Gasteiger partial charge in [-0.3, -0.25) is 0 Å². The second kappa shape index (κ2) is 8.49. The third-order valence-corrected chi connectivity index (χ3v) is 4.22. The molecule has 140 valence electrons. The van der Waals surface area contributed by atoms with E-state index in [4.69, 9.17) is 0 Å². The lowest BCUT2D eigenvalue weighted by Gasteiger charge is -2.21. The lowest BCUT2D eigenvalue weighted by atomic mass is 10.2. The maximum absolute atomic E-state index is 13.0. The molecule has 0 aliphatic carbocycles. The smallest absolute Gasteiger partial charge is 0.229 e. The van der Waals surface area contributed by atoms with Gasteiger partial charge in [-0.2, -0.15) is 4.98 Å².